The molecular formula is C25H33N5O4. The summed E-state index contributed by atoms with van der Waals surface area (Å²) in [7, 11) is 0. The lowest BCUT2D eigenvalue weighted by Gasteiger charge is -2.26. The number of esters is 1. The first-order valence-electron chi connectivity index (χ1n) is 12.2. The highest BCUT2D eigenvalue weighted by atomic mass is 16.5. The number of ether oxygens (including phenoxy) is 1. The van der Waals surface area contributed by atoms with Gasteiger partial charge in [-0.25, -0.2) is 14.6 Å². The Kier molecular flexibility index (Phi) is 7.62. The van der Waals surface area contributed by atoms with Gasteiger partial charge in [0.2, 0.25) is 0 Å². The van der Waals surface area contributed by atoms with Crippen molar-refractivity contribution in [2.45, 2.75) is 71.7 Å². The number of aromatic nitrogens is 4. The number of hydrogen-bond donors (Lipinski definition) is 1. The number of H-pyrrole nitrogens is 1. The van der Waals surface area contributed by atoms with E-state index in [4.69, 9.17) is 4.74 Å². The van der Waals surface area contributed by atoms with Gasteiger partial charge in [-0.3, -0.25) is 19.2 Å². The van der Waals surface area contributed by atoms with Gasteiger partial charge in [0, 0.05) is 13.1 Å². The van der Waals surface area contributed by atoms with E-state index >= 15 is 0 Å². The number of hydrogen-bond acceptors (Lipinski definition) is 6. The Morgan fingerprint density at radius 1 is 1.06 bits per heavy atom. The minimum Gasteiger partial charge on any atom is -0.456 e. The molecule has 0 saturated carbocycles. The number of imidazole rings is 1. The molecule has 1 aromatic carbocycles. The standard InChI is InChI=1S/C25H33N5O4/c1-3-5-16-30-22-21(23(31)27-25(30)33)29(13-4-2)19(26-22)17-34-24(32)20(28-14-9-10-15-28)18-11-7-6-8-12-18/h6-8,11-12,20H,3-5,9-10,13-17H2,1-2H3,(H,27,31,33). The lowest BCUT2D eigenvalue weighted by Crippen LogP contribution is -2.33. The van der Waals surface area contributed by atoms with Gasteiger partial charge in [0.05, 0.1) is 0 Å². The highest BCUT2D eigenvalue weighted by Crippen LogP contribution is 2.27. The van der Waals surface area contributed by atoms with Crippen LogP contribution in [-0.4, -0.2) is 43.1 Å². The number of rotatable bonds is 10. The van der Waals surface area contributed by atoms with Gasteiger partial charge in [-0.1, -0.05) is 50.6 Å². The van der Waals surface area contributed by atoms with E-state index in [0.29, 0.717) is 30.1 Å². The number of carbonyl (C=O) groups is 1. The molecule has 3 aromatic rings. The molecule has 0 amide bonds. The zero-order valence-electron chi connectivity index (χ0n) is 20.0. The van der Waals surface area contributed by atoms with Crippen molar-refractivity contribution in [1.82, 2.24) is 24.0 Å². The second kappa shape index (κ2) is 10.8. The molecule has 4 rings (SSSR count). The van der Waals surface area contributed by atoms with Crippen LogP contribution in [0.4, 0.5) is 0 Å². The molecular weight excluding hydrogens is 434 g/mol. The highest BCUT2D eigenvalue weighted by molar-refractivity contribution is 5.78. The largest absolute Gasteiger partial charge is 0.456 e. The topological polar surface area (TPSA) is 102 Å². The first-order chi connectivity index (χ1) is 16.5. The van der Waals surface area contributed by atoms with Gasteiger partial charge in [0.15, 0.2) is 11.2 Å². The predicted octanol–water partition coefficient (Wildman–Crippen LogP) is 2.98. The lowest BCUT2D eigenvalue weighted by molar-refractivity contribution is -0.151. The van der Waals surface area contributed by atoms with Gasteiger partial charge in [0.25, 0.3) is 5.56 Å². The molecule has 182 valence electrons. The molecule has 1 N–H and O–H groups in total. The van der Waals surface area contributed by atoms with Crippen molar-refractivity contribution in [3.63, 3.8) is 0 Å². The normalized spacial score (nSPS) is 15.1. The van der Waals surface area contributed by atoms with Crippen molar-refractivity contribution < 1.29 is 9.53 Å². The maximum absolute atomic E-state index is 13.3. The number of nitrogens with one attached hydrogen (secondary N) is 1. The van der Waals surface area contributed by atoms with Gasteiger partial charge in [-0.15, -0.1) is 0 Å². The molecule has 34 heavy (non-hydrogen) atoms. The summed E-state index contributed by atoms with van der Waals surface area (Å²) in [5, 5.41) is 0. The number of benzene rings is 1. The van der Waals surface area contributed by atoms with E-state index in [1.165, 1.54) is 4.57 Å². The SMILES string of the molecule is CCCCn1c(=O)[nH]c(=O)c2c1nc(COC(=O)C(c1ccccc1)N1CCCC1)n2CCC. The molecule has 0 spiro atoms. The van der Waals surface area contributed by atoms with E-state index in [-0.39, 0.29) is 12.6 Å². The van der Waals surface area contributed by atoms with Gasteiger partial charge in [-0.05, 0) is 44.3 Å². The predicted molar refractivity (Wildman–Crippen MR) is 130 cm³/mol. The van der Waals surface area contributed by atoms with Crippen LogP contribution in [0.2, 0.25) is 0 Å². The Morgan fingerprint density at radius 3 is 2.47 bits per heavy atom. The Labute approximate surface area is 198 Å². The average molecular weight is 468 g/mol. The van der Waals surface area contributed by atoms with Crippen molar-refractivity contribution >= 4 is 17.1 Å². The number of aromatic amines is 1. The minimum absolute atomic E-state index is 0.0634. The maximum atomic E-state index is 13.3. The van der Waals surface area contributed by atoms with E-state index in [2.05, 4.69) is 14.9 Å². The molecule has 0 aliphatic carbocycles. The third kappa shape index (κ3) is 4.84. The number of fused-ring (bicyclic) bond motifs is 1. The van der Waals surface area contributed by atoms with Gasteiger partial charge in [-0.2, -0.15) is 0 Å². The zero-order valence-corrected chi connectivity index (χ0v) is 20.0. The fourth-order valence-corrected chi connectivity index (χ4v) is 4.66. The van der Waals surface area contributed by atoms with Gasteiger partial charge < -0.3 is 9.30 Å². The van der Waals surface area contributed by atoms with Crippen molar-refractivity contribution in [2.24, 2.45) is 0 Å². The highest BCUT2D eigenvalue weighted by Gasteiger charge is 2.31. The summed E-state index contributed by atoms with van der Waals surface area (Å²) in [5.41, 5.74) is 0.671. The van der Waals surface area contributed by atoms with Crippen LogP contribution in [0.15, 0.2) is 39.9 Å². The monoisotopic (exact) mass is 467 g/mol. The van der Waals surface area contributed by atoms with Gasteiger partial charge >= 0.3 is 11.7 Å². The van der Waals surface area contributed by atoms with E-state index in [1.54, 1.807) is 4.57 Å². The Balaban J connectivity index is 1.66. The molecule has 3 heterocycles. The number of unbranched alkanes of at least 4 members (excludes halogenated alkanes) is 1. The summed E-state index contributed by atoms with van der Waals surface area (Å²) >= 11 is 0. The average Bonchev–Trinajstić information content (AvgIpc) is 3.48. The number of carbonyl (C=O) groups excluding carboxylic acids is 1. The summed E-state index contributed by atoms with van der Waals surface area (Å²) in [4.78, 5) is 47.7. The molecule has 9 heteroatoms. The van der Waals surface area contributed by atoms with Crippen LogP contribution >= 0.6 is 0 Å². The van der Waals surface area contributed by atoms with Crippen molar-refractivity contribution in [1.29, 1.82) is 0 Å². The second-order valence-corrected chi connectivity index (χ2v) is 8.78. The summed E-state index contributed by atoms with van der Waals surface area (Å²) in [6.45, 7) is 6.68. The zero-order chi connectivity index (χ0) is 24.1. The molecule has 1 aliphatic rings. The van der Waals surface area contributed by atoms with E-state index in [0.717, 1.165) is 50.8 Å². The van der Waals surface area contributed by atoms with Crippen molar-refractivity contribution in [2.75, 3.05) is 13.1 Å². The summed E-state index contributed by atoms with van der Waals surface area (Å²) < 4.78 is 9.08. The number of nitrogens with zero attached hydrogens (tertiary/aromatic N) is 4. The quantitative estimate of drug-likeness (QED) is 0.460. The molecule has 1 aliphatic heterocycles. The Hall–Kier alpha value is -3.20. The molecule has 0 radical (unpaired) electrons. The van der Waals surface area contributed by atoms with Crippen LogP contribution < -0.4 is 11.2 Å². The van der Waals surface area contributed by atoms with E-state index in [1.807, 2.05) is 44.2 Å². The summed E-state index contributed by atoms with van der Waals surface area (Å²) in [5.74, 6) is 0.139. The minimum atomic E-state index is -0.473. The summed E-state index contributed by atoms with van der Waals surface area (Å²) in [6, 6.07) is 9.20. The molecule has 1 fully saturated rings. The van der Waals surface area contributed by atoms with Crippen molar-refractivity contribution in [3.8, 4) is 0 Å². The molecule has 1 saturated heterocycles. The van der Waals surface area contributed by atoms with Crippen LogP contribution in [0, 0.1) is 0 Å². The maximum Gasteiger partial charge on any atom is 0.330 e. The third-order valence-corrected chi connectivity index (χ3v) is 6.33. The number of likely N-dealkylation sites (tertiary alicyclic amines) is 1. The number of aryl methyl sites for hydroxylation is 2. The van der Waals surface area contributed by atoms with Crippen LogP contribution in [0.1, 0.15) is 63.4 Å². The van der Waals surface area contributed by atoms with E-state index < -0.39 is 17.3 Å². The first kappa shape index (κ1) is 23.9. The lowest BCUT2D eigenvalue weighted by atomic mass is 10.1. The Bertz CT molecular complexity index is 1240. The fourth-order valence-electron chi connectivity index (χ4n) is 4.66. The third-order valence-electron chi connectivity index (χ3n) is 6.33. The van der Waals surface area contributed by atoms with Crippen LogP contribution in [0.5, 0.6) is 0 Å². The first-order valence-corrected chi connectivity index (χ1v) is 12.2. The fraction of sp³-hybridized carbons (Fsp3) is 0.520. The smallest absolute Gasteiger partial charge is 0.330 e. The van der Waals surface area contributed by atoms with Gasteiger partial charge in [0.1, 0.15) is 18.5 Å². The van der Waals surface area contributed by atoms with Crippen molar-refractivity contribution in [3.05, 3.63) is 62.6 Å². The van der Waals surface area contributed by atoms with Crippen LogP contribution in [0.25, 0.3) is 11.2 Å². The Morgan fingerprint density at radius 2 is 1.79 bits per heavy atom. The molecule has 1 atom stereocenters. The summed E-state index contributed by atoms with van der Waals surface area (Å²) in [6.07, 6.45) is 4.58. The van der Waals surface area contributed by atoms with E-state index in [9.17, 15) is 14.4 Å². The molecule has 9 nitrogen and oxygen atoms in total. The molecule has 2 aromatic heterocycles. The van der Waals surface area contributed by atoms with Crippen LogP contribution in [-0.2, 0) is 29.2 Å². The molecule has 0 bridgehead atoms. The second-order valence-electron chi connectivity index (χ2n) is 8.78. The van der Waals surface area contributed by atoms with Crippen LogP contribution in [0.3, 0.4) is 0 Å². The molecule has 1 unspecified atom stereocenters.